The van der Waals surface area contributed by atoms with Crippen LogP contribution in [0.5, 0.6) is 17.2 Å². The van der Waals surface area contributed by atoms with E-state index in [0.717, 1.165) is 11.1 Å². The van der Waals surface area contributed by atoms with Gasteiger partial charge in [-0.3, -0.25) is 4.79 Å². The number of ether oxygens (including phenoxy) is 3. The number of hydrogen-bond donors (Lipinski definition) is 1. The number of carbonyl (C=O) groups excluding carboxylic acids is 1. The molecule has 0 unspecified atom stereocenters. The van der Waals surface area contributed by atoms with Gasteiger partial charge in [0.05, 0.1) is 12.7 Å². The van der Waals surface area contributed by atoms with E-state index in [2.05, 4.69) is 10.1 Å². The van der Waals surface area contributed by atoms with Crippen molar-refractivity contribution in [1.29, 1.82) is 0 Å². The molecule has 0 aromatic heterocycles. The van der Waals surface area contributed by atoms with Crippen molar-refractivity contribution in [3.63, 3.8) is 0 Å². The highest BCUT2D eigenvalue weighted by molar-refractivity contribution is 5.96. The molecule has 3 aromatic carbocycles. The highest BCUT2D eigenvalue weighted by Gasteiger charge is 2.15. The zero-order valence-corrected chi connectivity index (χ0v) is 16.3. The van der Waals surface area contributed by atoms with Gasteiger partial charge in [0.25, 0.3) is 5.91 Å². The van der Waals surface area contributed by atoms with Crippen LogP contribution in [0.1, 0.15) is 21.5 Å². The van der Waals surface area contributed by atoms with Crippen molar-refractivity contribution in [1.82, 2.24) is 5.32 Å². The highest BCUT2D eigenvalue weighted by atomic mass is 19.3. The van der Waals surface area contributed by atoms with Crippen LogP contribution in [0, 0.1) is 0 Å². The molecule has 0 saturated heterocycles. The lowest BCUT2D eigenvalue weighted by atomic mass is 10.1. The van der Waals surface area contributed by atoms with Gasteiger partial charge in [-0.15, -0.1) is 0 Å². The molecule has 3 rings (SSSR count). The molecule has 156 valence electrons. The van der Waals surface area contributed by atoms with Crippen molar-refractivity contribution in [3.05, 3.63) is 89.5 Å². The smallest absolute Gasteiger partial charge is 0.387 e. The Morgan fingerprint density at radius 1 is 0.900 bits per heavy atom. The Balaban J connectivity index is 1.64. The van der Waals surface area contributed by atoms with Gasteiger partial charge in [0.2, 0.25) is 0 Å². The summed E-state index contributed by atoms with van der Waals surface area (Å²) in [6, 6.07) is 20.9. The third kappa shape index (κ3) is 5.70. The summed E-state index contributed by atoms with van der Waals surface area (Å²) in [6.07, 6.45) is 0. The maximum atomic E-state index is 12.5. The van der Waals surface area contributed by atoms with Gasteiger partial charge < -0.3 is 19.5 Å². The molecule has 0 saturated carbocycles. The largest absolute Gasteiger partial charge is 0.493 e. The minimum absolute atomic E-state index is 0.0348. The standard InChI is InChI=1S/C23H21F2NO4/c1-28-21-13-17(11-12-20(21)29-15-16-7-3-2-4-8-16)14-26-22(27)18-9-5-6-10-19(18)30-23(24)25/h2-13,23H,14-15H2,1H3,(H,26,27). The molecule has 1 amide bonds. The lowest BCUT2D eigenvalue weighted by Crippen LogP contribution is -2.23. The normalized spacial score (nSPS) is 10.5. The summed E-state index contributed by atoms with van der Waals surface area (Å²) in [5, 5.41) is 2.70. The Kier molecular flexibility index (Phi) is 7.21. The van der Waals surface area contributed by atoms with Gasteiger partial charge in [-0.25, -0.2) is 0 Å². The summed E-state index contributed by atoms with van der Waals surface area (Å²) < 4.78 is 40.7. The summed E-state index contributed by atoms with van der Waals surface area (Å²) in [6.45, 7) is -2.43. The third-order valence-corrected chi connectivity index (χ3v) is 4.27. The van der Waals surface area contributed by atoms with E-state index >= 15 is 0 Å². The first-order chi connectivity index (χ1) is 14.6. The minimum Gasteiger partial charge on any atom is -0.493 e. The number of rotatable bonds is 9. The topological polar surface area (TPSA) is 56.8 Å². The Morgan fingerprint density at radius 3 is 2.37 bits per heavy atom. The van der Waals surface area contributed by atoms with E-state index in [1.807, 2.05) is 30.3 Å². The Labute approximate surface area is 173 Å². The number of carbonyl (C=O) groups is 1. The summed E-state index contributed by atoms with van der Waals surface area (Å²) in [4.78, 5) is 12.4. The van der Waals surface area contributed by atoms with Gasteiger partial charge in [-0.05, 0) is 35.4 Å². The predicted octanol–water partition coefficient (Wildman–Crippen LogP) is 4.81. The van der Waals surface area contributed by atoms with Gasteiger partial charge >= 0.3 is 6.61 Å². The summed E-state index contributed by atoms with van der Waals surface area (Å²) in [5.41, 5.74) is 1.83. The SMILES string of the molecule is COc1cc(CNC(=O)c2ccccc2OC(F)F)ccc1OCc1ccccc1. The molecule has 0 aliphatic rings. The number of alkyl halides is 2. The van der Waals surface area contributed by atoms with Crippen LogP contribution in [0.25, 0.3) is 0 Å². The number of methoxy groups -OCH3 is 1. The van der Waals surface area contributed by atoms with E-state index in [0.29, 0.717) is 18.1 Å². The van der Waals surface area contributed by atoms with E-state index < -0.39 is 12.5 Å². The molecule has 0 heterocycles. The Morgan fingerprint density at radius 2 is 1.63 bits per heavy atom. The molecule has 0 spiro atoms. The fourth-order valence-corrected chi connectivity index (χ4v) is 2.81. The van der Waals surface area contributed by atoms with Crippen LogP contribution in [0.2, 0.25) is 0 Å². The quantitative estimate of drug-likeness (QED) is 0.547. The number of amides is 1. The molecule has 3 aromatic rings. The van der Waals surface area contributed by atoms with Crippen molar-refractivity contribution >= 4 is 5.91 Å². The first-order valence-corrected chi connectivity index (χ1v) is 9.22. The second kappa shape index (κ2) is 10.2. The monoisotopic (exact) mass is 413 g/mol. The number of para-hydroxylation sites is 1. The Hall–Kier alpha value is -3.61. The molecule has 0 radical (unpaired) electrons. The van der Waals surface area contributed by atoms with Crippen LogP contribution in [-0.2, 0) is 13.2 Å². The van der Waals surface area contributed by atoms with Crippen LogP contribution in [0.15, 0.2) is 72.8 Å². The summed E-state index contributed by atoms with van der Waals surface area (Å²) >= 11 is 0. The molecule has 0 atom stereocenters. The van der Waals surface area contributed by atoms with Gasteiger partial charge in [0, 0.05) is 6.54 Å². The molecule has 0 aliphatic heterocycles. The average molecular weight is 413 g/mol. The number of halogens is 2. The van der Waals surface area contributed by atoms with Gasteiger partial charge in [0.15, 0.2) is 11.5 Å². The zero-order valence-electron chi connectivity index (χ0n) is 16.3. The first-order valence-electron chi connectivity index (χ1n) is 9.22. The third-order valence-electron chi connectivity index (χ3n) is 4.27. The van der Waals surface area contributed by atoms with Crippen LogP contribution in [-0.4, -0.2) is 19.6 Å². The second-order valence-corrected chi connectivity index (χ2v) is 6.32. The number of nitrogens with one attached hydrogen (secondary N) is 1. The molecular formula is C23H21F2NO4. The van der Waals surface area contributed by atoms with Gasteiger partial charge in [-0.2, -0.15) is 8.78 Å². The number of benzene rings is 3. The molecule has 1 N–H and O–H groups in total. The molecule has 30 heavy (non-hydrogen) atoms. The lowest BCUT2D eigenvalue weighted by Gasteiger charge is -2.13. The molecule has 0 fully saturated rings. The summed E-state index contributed by atoms with van der Waals surface area (Å²) in [5.74, 6) is 0.410. The van der Waals surface area contributed by atoms with Crippen LogP contribution < -0.4 is 19.5 Å². The van der Waals surface area contributed by atoms with Crippen molar-refractivity contribution in [3.8, 4) is 17.2 Å². The molecule has 0 bridgehead atoms. The number of hydrogen-bond acceptors (Lipinski definition) is 4. The molecule has 0 aliphatic carbocycles. The maximum Gasteiger partial charge on any atom is 0.387 e. The van der Waals surface area contributed by atoms with Gasteiger partial charge in [-0.1, -0.05) is 48.5 Å². The fourth-order valence-electron chi connectivity index (χ4n) is 2.81. The van der Waals surface area contributed by atoms with Crippen LogP contribution in [0.3, 0.4) is 0 Å². The Bertz CT molecular complexity index is 980. The van der Waals surface area contributed by atoms with E-state index in [-0.39, 0.29) is 17.9 Å². The van der Waals surface area contributed by atoms with E-state index in [4.69, 9.17) is 9.47 Å². The fraction of sp³-hybridized carbons (Fsp3) is 0.174. The van der Waals surface area contributed by atoms with Gasteiger partial charge in [0.1, 0.15) is 12.4 Å². The first kappa shape index (κ1) is 21.1. The van der Waals surface area contributed by atoms with E-state index in [9.17, 15) is 13.6 Å². The predicted molar refractivity (Wildman–Crippen MR) is 108 cm³/mol. The molecular weight excluding hydrogens is 392 g/mol. The van der Waals surface area contributed by atoms with Crippen LogP contribution >= 0.6 is 0 Å². The lowest BCUT2D eigenvalue weighted by molar-refractivity contribution is -0.0501. The van der Waals surface area contributed by atoms with Crippen molar-refractivity contribution < 1.29 is 27.8 Å². The van der Waals surface area contributed by atoms with Crippen molar-refractivity contribution in [2.24, 2.45) is 0 Å². The van der Waals surface area contributed by atoms with Crippen molar-refractivity contribution in [2.45, 2.75) is 19.8 Å². The van der Waals surface area contributed by atoms with Crippen LogP contribution in [0.4, 0.5) is 8.78 Å². The summed E-state index contributed by atoms with van der Waals surface area (Å²) in [7, 11) is 1.53. The molecule has 7 heteroatoms. The van der Waals surface area contributed by atoms with Crippen molar-refractivity contribution in [2.75, 3.05) is 7.11 Å². The van der Waals surface area contributed by atoms with E-state index in [1.54, 1.807) is 24.3 Å². The molecule has 5 nitrogen and oxygen atoms in total. The van der Waals surface area contributed by atoms with E-state index in [1.165, 1.54) is 25.3 Å². The minimum atomic E-state index is -3.01. The zero-order chi connectivity index (χ0) is 21.3. The second-order valence-electron chi connectivity index (χ2n) is 6.32. The maximum absolute atomic E-state index is 12.5. The highest BCUT2D eigenvalue weighted by Crippen LogP contribution is 2.29. The average Bonchev–Trinajstić information content (AvgIpc) is 2.77.